The highest BCUT2D eigenvalue weighted by atomic mass is 15.0. The summed E-state index contributed by atoms with van der Waals surface area (Å²) < 4.78 is 0. The monoisotopic (exact) mass is 215 g/mol. The number of hydrogen-bond donors (Lipinski definition) is 2. The summed E-state index contributed by atoms with van der Waals surface area (Å²) in [5, 5.41) is 3.50. The number of benzene rings is 1. The lowest BCUT2D eigenvalue weighted by molar-refractivity contribution is 0.670. The molecular weight excluding hydrogens is 198 g/mol. The van der Waals surface area contributed by atoms with Gasteiger partial charge in [0.25, 0.3) is 0 Å². The average molecular weight is 215 g/mol. The highest BCUT2D eigenvalue weighted by molar-refractivity contribution is 5.78. The minimum atomic E-state index is 0.783. The first kappa shape index (κ1) is 9.85. The number of imidazole rings is 1. The third-order valence-electron chi connectivity index (χ3n) is 3.14. The largest absolute Gasteiger partial charge is 0.342 e. The summed E-state index contributed by atoms with van der Waals surface area (Å²) in [5.41, 5.74) is 3.51. The summed E-state index contributed by atoms with van der Waals surface area (Å²) in [6.45, 7) is 3.14. The number of hydrogen-bond acceptors (Lipinski definition) is 2. The van der Waals surface area contributed by atoms with Crippen molar-refractivity contribution in [2.45, 2.75) is 32.2 Å². The molecule has 0 saturated heterocycles. The molecule has 1 aromatic heterocycles. The van der Waals surface area contributed by atoms with Crippen molar-refractivity contribution in [2.75, 3.05) is 6.54 Å². The van der Waals surface area contributed by atoms with E-state index >= 15 is 0 Å². The van der Waals surface area contributed by atoms with Crippen molar-refractivity contribution in [3.05, 3.63) is 29.6 Å². The van der Waals surface area contributed by atoms with Gasteiger partial charge in [0, 0.05) is 19.0 Å². The molecule has 3 nitrogen and oxygen atoms in total. The van der Waals surface area contributed by atoms with Crippen LogP contribution in [0.3, 0.4) is 0 Å². The zero-order valence-corrected chi connectivity index (χ0v) is 9.59. The Kier molecular flexibility index (Phi) is 2.40. The molecule has 1 fully saturated rings. The molecule has 0 amide bonds. The molecule has 1 aliphatic carbocycles. The van der Waals surface area contributed by atoms with Crippen molar-refractivity contribution in [3.8, 4) is 0 Å². The predicted molar refractivity (Wildman–Crippen MR) is 65.6 cm³/mol. The number of nitrogens with one attached hydrogen (secondary N) is 2. The van der Waals surface area contributed by atoms with Gasteiger partial charge in [-0.15, -0.1) is 0 Å². The van der Waals surface area contributed by atoms with Gasteiger partial charge in [-0.25, -0.2) is 4.98 Å². The van der Waals surface area contributed by atoms with Crippen LogP contribution >= 0.6 is 0 Å². The van der Waals surface area contributed by atoms with E-state index in [0.29, 0.717) is 0 Å². The molecule has 1 saturated carbocycles. The van der Waals surface area contributed by atoms with Gasteiger partial charge in [-0.2, -0.15) is 0 Å². The van der Waals surface area contributed by atoms with Crippen LogP contribution in [-0.4, -0.2) is 22.6 Å². The number of aromatic amines is 1. The number of aryl methyl sites for hydroxylation is 1. The third-order valence-corrected chi connectivity index (χ3v) is 3.14. The second-order valence-corrected chi connectivity index (χ2v) is 4.63. The van der Waals surface area contributed by atoms with Crippen molar-refractivity contribution in [3.63, 3.8) is 0 Å². The van der Waals surface area contributed by atoms with Crippen LogP contribution in [0.5, 0.6) is 0 Å². The molecule has 2 N–H and O–H groups in total. The smallest absolute Gasteiger partial charge is 0.108 e. The number of nitrogens with zero attached hydrogens (tertiary/aromatic N) is 1. The van der Waals surface area contributed by atoms with Crippen molar-refractivity contribution < 1.29 is 0 Å². The Hall–Kier alpha value is -1.35. The van der Waals surface area contributed by atoms with E-state index in [1.54, 1.807) is 0 Å². The molecule has 1 heterocycles. The van der Waals surface area contributed by atoms with Crippen LogP contribution in [0.25, 0.3) is 11.0 Å². The topological polar surface area (TPSA) is 40.7 Å². The Balaban J connectivity index is 1.73. The maximum absolute atomic E-state index is 4.63. The van der Waals surface area contributed by atoms with Gasteiger partial charge in [-0.3, -0.25) is 0 Å². The zero-order valence-electron chi connectivity index (χ0n) is 9.59. The molecule has 3 rings (SSSR count). The van der Waals surface area contributed by atoms with Crippen LogP contribution < -0.4 is 5.32 Å². The van der Waals surface area contributed by atoms with E-state index < -0.39 is 0 Å². The first-order valence-electron chi connectivity index (χ1n) is 6.00. The van der Waals surface area contributed by atoms with Crippen LogP contribution in [0.2, 0.25) is 0 Å². The Morgan fingerprint density at radius 2 is 2.31 bits per heavy atom. The van der Waals surface area contributed by atoms with E-state index in [1.165, 1.54) is 18.4 Å². The summed E-state index contributed by atoms with van der Waals surface area (Å²) >= 11 is 0. The van der Waals surface area contributed by atoms with Gasteiger partial charge in [-0.1, -0.05) is 12.1 Å². The van der Waals surface area contributed by atoms with Crippen molar-refractivity contribution in [1.82, 2.24) is 15.3 Å². The first-order valence-corrected chi connectivity index (χ1v) is 6.00. The van der Waals surface area contributed by atoms with Crippen LogP contribution in [0, 0.1) is 6.92 Å². The molecule has 0 spiro atoms. The second kappa shape index (κ2) is 3.91. The Morgan fingerprint density at radius 3 is 3.06 bits per heavy atom. The maximum Gasteiger partial charge on any atom is 0.108 e. The Labute approximate surface area is 95.3 Å². The zero-order chi connectivity index (χ0) is 11.0. The number of aromatic nitrogens is 2. The Morgan fingerprint density at radius 1 is 1.44 bits per heavy atom. The standard InChI is InChI=1S/C13H17N3/c1-9-3-2-4-11-13(9)16-12(15-11)7-8-14-10-5-6-10/h2-4,10,14H,5-8H2,1H3,(H,15,16). The van der Waals surface area contributed by atoms with E-state index in [-0.39, 0.29) is 0 Å². The number of rotatable bonds is 4. The SMILES string of the molecule is Cc1cccc2[nH]c(CCNC3CC3)nc12. The van der Waals surface area contributed by atoms with E-state index in [4.69, 9.17) is 0 Å². The average Bonchev–Trinajstić information content (AvgIpc) is 2.98. The lowest BCUT2D eigenvalue weighted by Gasteiger charge is -1.98. The maximum atomic E-state index is 4.63. The van der Waals surface area contributed by atoms with Gasteiger partial charge >= 0.3 is 0 Å². The van der Waals surface area contributed by atoms with Gasteiger partial charge in [0.15, 0.2) is 0 Å². The van der Waals surface area contributed by atoms with Crippen LogP contribution in [0.4, 0.5) is 0 Å². The van der Waals surface area contributed by atoms with Gasteiger partial charge in [0.2, 0.25) is 0 Å². The lowest BCUT2D eigenvalue weighted by Crippen LogP contribution is -2.19. The highest BCUT2D eigenvalue weighted by Gasteiger charge is 2.19. The normalized spacial score (nSPS) is 15.8. The number of para-hydroxylation sites is 1. The molecule has 2 aromatic rings. The highest BCUT2D eigenvalue weighted by Crippen LogP contribution is 2.19. The van der Waals surface area contributed by atoms with Crippen molar-refractivity contribution >= 4 is 11.0 Å². The molecule has 0 atom stereocenters. The fourth-order valence-corrected chi connectivity index (χ4v) is 2.03. The van der Waals surface area contributed by atoms with E-state index in [9.17, 15) is 0 Å². The summed E-state index contributed by atoms with van der Waals surface area (Å²) in [6, 6.07) is 7.05. The summed E-state index contributed by atoms with van der Waals surface area (Å²) in [5.74, 6) is 1.09. The molecule has 16 heavy (non-hydrogen) atoms. The quantitative estimate of drug-likeness (QED) is 0.820. The van der Waals surface area contributed by atoms with Crippen molar-refractivity contribution in [2.24, 2.45) is 0 Å². The minimum absolute atomic E-state index is 0.783. The fourth-order valence-electron chi connectivity index (χ4n) is 2.03. The van der Waals surface area contributed by atoms with E-state index in [2.05, 4.69) is 40.4 Å². The molecule has 0 aliphatic heterocycles. The molecule has 1 aromatic carbocycles. The summed E-state index contributed by atoms with van der Waals surface area (Å²) in [7, 11) is 0. The van der Waals surface area contributed by atoms with Crippen LogP contribution in [0.15, 0.2) is 18.2 Å². The number of fused-ring (bicyclic) bond motifs is 1. The van der Waals surface area contributed by atoms with Crippen LogP contribution in [0.1, 0.15) is 24.2 Å². The van der Waals surface area contributed by atoms with E-state index in [1.807, 2.05) is 0 Å². The molecule has 1 aliphatic rings. The molecule has 3 heteroatoms. The molecule has 0 bridgehead atoms. The van der Waals surface area contributed by atoms with E-state index in [0.717, 1.165) is 35.9 Å². The molecule has 84 valence electrons. The molecule has 0 radical (unpaired) electrons. The third kappa shape index (κ3) is 1.95. The predicted octanol–water partition coefficient (Wildman–Crippen LogP) is 2.17. The van der Waals surface area contributed by atoms with Gasteiger partial charge in [0.1, 0.15) is 5.82 Å². The number of H-pyrrole nitrogens is 1. The van der Waals surface area contributed by atoms with Crippen LogP contribution in [-0.2, 0) is 6.42 Å². The van der Waals surface area contributed by atoms with Gasteiger partial charge in [-0.05, 0) is 31.4 Å². The lowest BCUT2D eigenvalue weighted by atomic mass is 10.2. The Bertz CT molecular complexity index is 497. The first-order chi connectivity index (χ1) is 7.83. The van der Waals surface area contributed by atoms with Crippen molar-refractivity contribution in [1.29, 1.82) is 0 Å². The molecule has 0 unspecified atom stereocenters. The summed E-state index contributed by atoms with van der Waals surface area (Å²) in [4.78, 5) is 8.01. The van der Waals surface area contributed by atoms with Gasteiger partial charge in [0.05, 0.1) is 11.0 Å². The minimum Gasteiger partial charge on any atom is -0.342 e. The summed E-state index contributed by atoms with van der Waals surface area (Å²) in [6.07, 6.45) is 3.68. The molecular formula is C13H17N3. The fraction of sp³-hybridized carbons (Fsp3) is 0.462. The second-order valence-electron chi connectivity index (χ2n) is 4.63. The van der Waals surface area contributed by atoms with Gasteiger partial charge < -0.3 is 10.3 Å².